The van der Waals surface area contributed by atoms with E-state index in [1.807, 2.05) is 32.9 Å². The zero-order valence-electron chi connectivity index (χ0n) is 12.9. The third-order valence-electron chi connectivity index (χ3n) is 3.91. The van der Waals surface area contributed by atoms with Crippen LogP contribution in [0.5, 0.6) is 0 Å². The molecule has 1 unspecified atom stereocenters. The Kier molecular flexibility index (Phi) is 4.89. The molecule has 21 heavy (non-hydrogen) atoms. The Balaban J connectivity index is 2.10. The highest BCUT2D eigenvalue weighted by atomic mass is 16.2. The Morgan fingerprint density at radius 3 is 2.81 bits per heavy atom. The van der Waals surface area contributed by atoms with E-state index in [1.165, 1.54) is 0 Å². The normalized spacial score (nSPS) is 16.7. The lowest BCUT2D eigenvalue weighted by Crippen LogP contribution is -2.37. The molecular formula is C17H22N2O2. The number of nitrogens with zero attached hydrogens (tertiary/aromatic N) is 1. The number of rotatable bonds is 5. The number of hydrogen-bond acceptors (Lipinski definition) is 2. The van der Waals surface area contributed by atoms with Crippen molar-refractivity contribution in [3.63, 3.8) is 0 Å². The predicted molar refractivity (Wildman–Crippen MR) is 82.2 cm³/mol. The van der Waals surface area contributed by atoms with Gasteiger partial charge in [-0.3, -0.25) is 9.59 Å². The van der Waals surface area contributed by atoms with Crippen LogP contribution in [-0.4, -0.2) is 18.4 Å². The lowest BCUT2D eigenvalue weighted by Gasteiger charge is -2.14. The van der Waals surface area contributed by atoms with Crippen LogP contribution in [-0.2, 0) is 9.59 Å². The molecule has 1 aliphatic rings. The molecule has 1 aromatic carbocycles. The van der Waals surface area contributed by atoms with E-state index in [0.29, 0.717) is 19.4 Å². The molecular weight excluding hydrogens is 264 g/mol. The summed E-state index contributed by atoms with van der Waals surface area (Å²) in [6.45, 7) is 6.49. The van der Waals surface area contributed by atoms with Crippen LogP contribution in [0.15, 0.2) is 17.1 Å². The highest BCUT2D eigenvalue weighted by molar-refractivity contribution is 5.86. The minimum atomic E-state index is -0.235. The highest BCUT2D eigenvalue weighted by Crippen LogP contribution is 2.10. The maximum atomic E-state index is 12.1. The molecule has 0 saturated carbocycles. The van der Waals surface area contributed by atoms with Gasteiger partial charge in [-0.1, -0.05) is 25.1 Å². The zero-order valence-corrected chi connectivity index (χ0v) is 12.9. The van der Waals surface area contributed by atoms with Gasteiger partial charge in [-0.05, 0) is 43.0 Å². The molecule has 0 saturated heterocycles. The first-order valence-electron chi connectivity index (χ1n) is 7.50. The topological polar surface area (TPSA) is 58.5 Å². The van der Waals surface area contributed by atoms with Gasteiger partial charge in [-0.2, -0.15) is 0 Å². The summed E-state index contributed by atoms with van der Waals surface area (Å²) in [6, 6.07) is 4.06. The maximum Gasteiger partial charge on any atom is 0.253 e. The van der Waals surface area contributed by atoms with Crippen molar-refractivity contribution in [3.05, 3.63) is 33.8 Å². The van der Waals surface area contributed by atoms with Crippen molar-refractivity contribution in [2.75, 3.05) is 6.54 Å². The van der Waals surface area contributed by atoms with Crippen LogP contribution in [0.1, 0.15) is 37.3 Å². The number of carbonyl (C=O) groups excluding carboxylic acids is 2. The zero-order chi connectivity index (χ0) is 15.4. The average Bonchev–Trinajstić information content (AvgIpc) is 2.45. The first-order chi connectivity index (χ1) is 10.0. The van der Waals surface area contributed by atoms with Gasteiger partial charge in [-0.15, -0.1) is 0 Å². The summed E-state index contributed by atoms with van der Waals surface area (Å²) in [5.41, 5.74) is 2.20. The highest BCUT2D eigenvalue weighted by Gasteiger charge is 2.19. The van der Waals surface area contributed by atoms with E-state index >= 15 is 0 Å². The van der Waals surface area contributed by atoms with Crippen LogP contribution in [0.3, 0.4) is 0 Å². The largest absolute Gasteiger partial charge is 0.356 e. The Labute approximate surface area is 125 Å². The van der Waals surface area contributed by atoms with Gasteiger partial charge in [0, 0.05) is 13.0 Å². The third-order valence-corrected chi connectivity index (χ3v) is 3.91. The standard InChI is InChI=1S/C17H22N2O2/c1-4-5-15(20)18-9-8-14-10-13-7-6-11(2)12(3)16(13)19-17(14)21/h6-7,10,14H,4-5,8-9H2,1-3H3,(H,18,20). The molecule has 1 atom stereocenters. The molecule has 1 aliphatic heterocycles. The SMILES string of the molecule is CCCC(=O)NCCC1C=c2ccc(C)c(C)c2=NC1=O. The summed E-state index contributed by atoms with van der Waals surface area (Å²) in [5.74, 6) is -0.299. The number of nitrogens with one attached hydrogen (secondary N) is 1. The van der Waals surface area contributed by atoms with Crippen LogP contribution in [0.4, 0.5) is 0 Å². The molecule has 4 nitrogen and oxygen atoms in total. The van der Waals surface area contributed by atoms with Crippen molar-refractivity contribution >= 4 is 17.9 Å². The second-order valence-corrected chi connectivity index (χ2v) is 5.56. The van der Waals surface area contributed by atoms with Crippen LogP contribution in [0.25, 0.3) is 6.08 Å². The summed E-state index contributed by atoms with van der Waals surface area (Å²) in [6.07, 6.45) is 3.95. The van der Waals surface area contributed by atoms with E-state index in [1.54, 1.807) is 0 Å². The van der Waals surface area contributed by atoms with Crippen molar-refractivity contribution in [3.8, 4) is 0 Å². The Hall–Kier alpha value is -1.97. The molecule has 0 bridgehead atoms. The van der Waals surface area contributed by atoms with Gasteiger partial charge in [0.2, 0.25) is 5.91 Å². The van der Waals surface area contributed by atoms with Crippen LogP contribution in [0, 0.1) is 19.8 Å². The molecule has 1 heterocycles. The summed E-state index contributed by atoms with van der Waals surface area (Å²) in [7, 11) is 0. The minimum Gasteiger partial charge on any atom is -0.356 e. The summed E-state index contributed by atoms with van der Waals surface area (Å²) >= 11 is 0. The molecule has 4 heteroatoms. The molecule has 0 fully saturated rings. The van der Waals surface area contributed by atoms with E-state index in [0.717, 1.165) is 28.1 Å². The molecule has 2 amide bonds. The summed E-state index contributed by atoms with van der Waals surface area (Å²) in [4.78, 5) is 27.8. The molecule has 1 N–H and O–H groups in total. The Morgan fingerprint density at radius 2 is 2.10 bits per heavy atom. The Morgan fingerprint density at radius 1 is 1.33 bits per heavy atom. The van der Waals surface area contributed by atoms with Crippen molar-refractivity contribution < 1.29 is 9.59 Å². The van der Waals surface area contributed by atoms with Crippen LogP contribution >= 0.6 is 0 Å². The van der Waals surface area contributed by atoms with Crippen molar-refractivity contribution in [2.45, 2.75) is 40.0 Å². The van der Waals surface area contributed by atoms with Gasteiger partial charge < -0.3 is 5.32 Å². The lowest BCUT2D eigenvalue weighted by atomic mass is 9.98. The second-order valence-electron chi connectivity index (χ2n) is 5.56. The summed E-state index contributed by atoms with van der Waals surface area (Å²) < 4.78 is 0. The second kappa shape index (κ2) is 6.66. The van der Waals surface area contributed by atoms with Gasteiger partial charge >= 0.3 is 0 Å². The quantitative estimate of drug-likeness (QED) is 0.883. The molecule has 0 spiro atoms. The fraction of sp³-hybridized carbons (Fsp3) is 0.471. The number of benzene rings is 1. The van der Waals surface area contributed by atoms with Crippen LogP contribution < -0.4 is 15.9 Å². The molecule has 0 aromatic heterocycles. The number of fused-ring (bicyclic) bond motifs is 1. The van der Waals surface area contributed by atoms with Gasteiger partial charge in [0.15, 0.2) is 0 Å². The number of amides is 2. The van der Waals surface area contributed by atoms with Gasteiger partial charge in [0.1, 0.15) is 0 Å². The van der Waals surface area contributed by atoms with Crippen molar-refractivity contribution in [1.82, 2.24) is 5.32 Å². The molecule has 2 rings (SSSR count). The number of hydrogen-bond donors (Lipinski definition) is 1. The predicted octanol–water partition coefficient (Wildman–Crippen LogP) is 1.17. The van der Waals surface area contributed by atoms with Crippen molar-refractivity contribution in [2.24, 2.45) is 10.9 Å². The first kappa shape index (κ1) is 15.4. The fourth-order valence-corrected chi connectivity index (χ4v) is 2.48. The number of carbonyl (C=O) groups is 2. The van der Waals surface area contributed by atoms with E-state index in [2.05, 4.69) is 16.4 Å². The average molecular weight is 286 g/mol. The smallest absolute Gasteiger partial charge is 0.253 e. The molecule has 112 valence electrons. The maximum absolute atomic E-state index is 12.1. The monoisotopic (exact) mass is 286 g/mol. The minimum absolute atomic E-state index is 0.0459. The molecule has 1 aromatic rings. The van der Waals surface area contributed by atoms with E-state index in [-0.39, 0.29) is 17.7 Å². The third kappa shape index (κ3) is 3.57. The lowest BCUT2D eigenvalue weighted by molar-refractivity contribution is -0.122. The summed E-state index contributed by atoms with van der Waals surface area (Å²) in [5, 5.41) is 4.66. The molecule has 0 radical (unpaired) electrons. The van der Waals surface area contributed by atoms with E-state index in [9.17, 15) is 9.59 Å². The van der Waals surface area contributed by atoms with Gasteiger partial charge in [-0.25, -0.2) is 4.99 Å². The first-order valence-corrected chi connectivity index (χ1v) is 7.50. The van der Waals surface area contributed by atoms with Gasteiger partial charge in [0.05, 0.1) is 11.3 Å². The van der Waals surface area contributed by atoms with E-state index in [4.69, 9.17) is 0 Å². The van der Waals surface area contributed by atoms with E-state index < -0.39 is 0 Å². The van der Waals surface area contributed by atoms with Crippen molar-refractivity contribution in [1.29, 1.82) is 0 Å². The van der Waals surface area contributed by atoms with Crippen LogP contribution in [0.2, 0.25) is 0 Å². The van der Waals surface area contributed by atoms with Gasteiger partial charge in [0.25, 0.3) is 5.91 Å². The fourth-order valence-electron chi connectivity index (χ4n) is 2.48. The Bertz CT molecular complexity index is 677. The molecule has 0 aliphatic carbocycles. The number of aryl methyl sites for hydroxylation is 1.